The lowest BCUT2D eigenvalue weighted by molar-refractivity contribution is 0.411. The second kappa shape index (κ2) is 17.5. The van der Waals surface area contributed by atoms with Crippen LogP contribution in [0.1, 0.15) is 52.7 Å². The molecule has 0 amide bonds. The Balaban J connectivity index is 0. The molecule has 0 aliphatic rings. The van der Waals surface area contributed by atoms with Crippen LogP contribution < -0.4 is 0 Å². The lowest BCUT2D eigenvalue weighted by Crippen LogP contribution is -2.08. The van der Waals surface area contributed by atoms with Crippen molar-refractivity contribution in [3.05, 3.63) is 110 Å². The molecule has 0 aliphatic carbocycles. The zero-order valence-corrected chi connectivity index (χ0v) is 19.7. The van der Waals surface area contributed by atoms with E-state index in [1.807, 2.05) is 13.8 Å². The van der Waals surface area contributed by atoms with Crippen LogP contribution in [0, 0.1) is 5.41 Å². The summed E-state index contributed by atoms with van der Waals surface area (Å²) in [4.78, 5) is 0. The minimum Gasteiger partial charge on any atom is -0.103 e. The van der Waals surface area contributed by atoms with E-state index in [-0.39, 0.29) is 0 Å². The highest BCUT2D eigenvalue weighted by molar-refractivity contribution is 5.64. The van der Waals surface area contributed by atoms with E-state index < -0.39 is 0 Å². The minimum absolute atomic E-state index is 0.351. The predicted octanol–water partition coefficient (Wildman–Crippen LogP) is 9.25. The van der Waals surface area contributed by atoms with Gasteiger partial charge in [-0.05, 0) is 54.4 Å². The van der Waals surface area contributed by atoms with Crippen molar-refractivity contribution in [2.75, 3.05) is 0 Å². The molecule has 0 spiro atoms. The van der Waals surface area contributed by atoms with Crippen LogP contribution in [0.15, 0.2) is 99.2 Å². The molecule has 0 unspecified atom stereocenters. The maximum absolute atomic E-state index is 3.36. The van der Waals surface area contributed by atoms with Crippen molar-refractivity contribution in [1.82, 2.24) is 0 Å². The Morgan fingerprint density at radius 3 is 1.21 bits per heavy atom. The van der Waals surface area contributed by atoms with Crippen LogP contribution in [0.5, 0.6) is 0 Å². The molecule has 158 valence electrons. The molecular weight excluding hydrogens is 348 g/mol. The van der Waals surface area contributed by atoms with E-state index in [2.05, 4.69) is 103 Å². The summed E-state index contributed by atoms with van der Waals surface area (Å²) in [5, 5.41) is 0. The van der Waals surface area contributed by atoms with Crippen molar-refractivity contribution in [2.24, 2.45) is 5.41 Å². The summed E-state index contributed by atoms with van der Waals surface area (Å²) in [5.74, 6) is 0. The van der Waals surface area contributed by atoms with Crippen LogP contribution in [0.2, 0.25) is 0 Å². The van der Waals surface area contributed by atoms with Crippen molar-refractivity contribution in [1.29, 1.82) is 0 Å². The van der Waals surface area contributed by atoms with Gasteiger partial charge in [0.25, 0.3) is 0 Å². The van der Waals surface area contributed by atoms with E-state index in [9.17, 15) is 0 Å². The molecule has 0 N–H and O–H groups in total. The summed E-state index contributed by atoms with van der Waals surface area (Å²) in [7, 11) is 0. The molecule has 0 fully saturated rings. The lowest BCUT2D eigenvalue weighted by atomic mass is 9.87. The Bertz CT molecular complexity index is 664. The van der Waals surface area contributed by atoms with E-state index in [4.69, 9.17) is 0 Å². The molecule has 2 aromatic carbocycles. The van der Waals surface area contributed by atoms with Crippen LogP contribution in [-0.4, -0.2) is 0 Å². The standard InChI is InChI=1S/C19H24.C4H6.2C3H6/c1-5-15-6-10-17(11-7-15)18-12-8-16(9-13-18)14-19(2,3)4;1-3-4-2;2*1-3-2/h6-13H,5,14H2,1-4H3;3-4H,1-2H2;2*3H,1H2,2H3. The fraction of sp³-hybridized carbons (Fsp3) is 0.310. The van der Waals surface area contributed by atoms with E-state index in [1.54, 1.807) is 24.3 Å². The Morgan fingerprint density at radius 2 is 0.966 bits per heavy atom. The average Bonchev–Trinajstić information content (AvgIpc) is 2.69. The Morgan fingerprint density at radius 1 is 0.655 bits per heavy atom. The third-order valence-corrected chi connectivity index (χ3v) is 3.55. The van der Waals surface area contributed by atoms with Crippen molar-refractivity contribution in [3.8, 4) is 11.1 Å². The molecule has 0 aliphatic heterocycles. The first-order valence-corrected chi connectivity index (χ1v) is 10.3. The van der Waals surface area contributed by atoms with Gasteiger partial charge in [0, 0.05) is 0 Å². The summed E-state index contributed by atoms with van der Waals surface area (Å²) >= 11 is 0. The quantitative estimate of drug-likeness (QED) is 0.360. The van der Waals surface area contributed by atoms with Gasteiger partial charge in [0.2, 0.25) is 0 Å². The highest BCUT2D eigenvalue weighted by Gasteiger charge is 2.10. The zero-order valence-electron chi connectivity index (χ0n) is 19.7. The second-order valence-corrected chi connectivity index (χ2v) is 7.77. The molecule has 0 atom stereocenters. The third-order valence-electron chi connectivity index (χ3n) is 3.55. The molecule has 0 saturated heterocycles. The van der Waals surface area contributed by atoms with Crippen molar-refractivity contribution in [2.45, 2.75) is 54.4 Å². The van der Waals surface area contributed by atoms with Crippen LogP contribution >= 0.6 is 0 Å². The van der Waals surface area contributed by atoms with Gasteiger partial charge >= 0.3 is 0 Å². The SMILES string of the molecule is C=CC.C=CC.C=CC=C.CCc1ccc(-c2ccc(CC(C)(C)C)cc2)cc1. The molecule has 2 aromatic rings. The largest absolute Gasteiger partial charge is 0.103 e. The van der Waals surface area contributed by atoms with Gasteiger partial charge in [-0.15, -0.1) is 13.2 Å². The number of rotatable bonds is 4. The van der Waals surface area contributed by atoms with Gasteiger partial charge in [-0.2, -0.15) is 0 Å². The van der Waals surface area contributed by atoms with Crippen LogP contribution in [0.3, 0.4) is 0 Å². The van der Waals surface area contributed by atoms with Crippen molar-refractivity contribution < 1.29 is 0 Å². The molecule has 0 heterocycles. The predicted molar refractivity (Wildman–Crippen MR) is 137 cm³/mol. The van der Waals surface area contributed by atoms with Crippen LogP contribution in [0.4, 0.5) is 0 Å². The molecule has 0 bridgehead atoms. The molecule has 0 nitrogen and oxygen atoms in total. The Kier molecular flexibility index (Phi) is 17.3. The molecule has 0 radical (unpaired) electrons. The Labute approximate surface area is 181 Å². The van der Waals surface area contributed by atoms with E-state index in [0.29, 0.717) is 5.41 Å². The van der Waals surface area contributed by atoms with Crippen LogP contribution in [-0.2, 0) is 12.8 Å². The molecule has 0 heteroatoms. The first-order chi connectivity index (χ1) is 13.7. The molecular formula is C29H42. The monoisotopic (exact) mass is 390 g/mol. The molecule has 0 aromatic heterocycles. The fourth-order valence-electron chi connectivity index (χ4n) is 2.36. The average molecular weight is 391 g/mol. The summed E-state index contributed by atoms with van der Waals surface area (Å²) in [6.07, 6.45) is 9.01. The summed E-state index contributed by atoms with van der Waals surface area (Å²) < 4.78 is 0. The number of hydrogen-bond donors (Lipinski definition) is 0. The second-order valence-electron chi connectivity index (χ2n) is 7.77. The molecule has 29 heavy (non-hydrogen) atoms. The maximum atomic E-state index is 3.36. The zero-order chi connectivity index (χ0) is 22.7. The highest BCUT2D eigenvalue weighted by atomic mass is 14.2. The molecule has 2 rings (SSSR count). The summed E-state index contributed by atoms with van der Waals surface area (Å²) in [5.41, 5.74) is 5.78. The normalized spacial score (nSPS) is 9.17. The van der Waals surface area contributed by atoms with Gasteiger partial charge < -0.3 is 0 Å². The first kappa shape index (κ1) is 28.6. The van der Waals surface area contributed by atoms with Gasteiger partial charge in [-0.3, -0.25) is 0 Å². The van der Waals surface area contributed by atoms with Gasteiger partial charge in [-0.25, -0.2) is 0 Å². The number of hydrogen-bond acceptors (Lipinski definition) is 0. The number of allylic oxidation sites excluding steroid dienone is 4. The van der Waals surface area contributed by atoms with Crippen molar-refractivity contribution in [3.63, 3.8) is 0 Å². The smallest absolute Gasteiger partial charge is 0.0184 e. The van der Waals surface area contributed by atoms with Gasteiger partial charge in [0.05, 0.1) is 0 Å². The van der Waals surface area contributed by atoms with E-state index in [0.717, 1.165) is 12.8 Å². The molecule has 0 saturated carbocycles. The van der Waals surface area contributed by atoms with Crippen LogP contribution in [0.25, 0.3) is 11.1 Å². The van der Waals surface area contributed by atoms with E-state index >= 15 is 0 Å². The first-order valence-electron chi connectivity index (χ1n) is 10.3. The lowest BCUT2D eigenvalue weighted by Gasteiger charge is -2.18. The van der Waals surface area contributed by atoms with Crippen molar-refractivity contribution >= 4 is 0 Å². The number of benzene rings is 2. The fourth-order valence-corrected chi connectivity index (χ4v) is 2.36. The third kappa shape index (κ3) is 16.1. The van der Waals surface area contributed by atoms with E-state index in [1.165, 1.54) is 22.3 Å². The van der Waals surface area contributed by atoms with Gasteiger partial charge in [-0.1, -0.05) is 114 Å². The Hall–Kier alpha value is -2.60. The topological polar surface area (TPSA) is 0 Å². The maximum Gasteiger partial charge on any atom is -0.0184 e. The minimum atomic E-state index is 0.351. The summed E-state index contributed by atoms with van der Waals surface area (Å²) in [6, 6.07) is 17.9. The highest BCUT2D eigenvalue weighted by Crippen LogP contribution is 2.24. The van der Waals surface area contributed by atoms with Gasteiger partial charge in [0.15, 0.2) is 0 Å². The number of aryl methyl sites for hydroxylation is 1. The van der Waals surface area contributed by atoms with Gasteiger partial charge in [0.1, 0.15) is 0 Å². The summed E-state index contributed by atoms with van der Waals surface area (Å²) in [6.45, 7) is 26.3.